The molecule has 0 saturated heterocycles. The van der Waals surface area contributed by atoms with Crippen LogP contribution in [0.1, 0.15) is 36.2 Å². The summed E-state index contributed by atoms with van der Waals surface area (Å²) in [5.74, 6) is 2.26. The molecule has 2 aliphatic rings. The van der Waals surface area contributed by atoms with Gasteiger partial charge >= 0.3 is 0 Å². The number of aryl methyl sites for hydroxylation is 1. The van der Waals surface area contributed by atoms with Gasteiger partial charge in [0.05, 0.1) is 24.5 Å². The van der Waals surface area contributed by atoms with Gasteiger partial charge in [0, 0.05) is 29.9 Å². The summed E-state index contributed by atoms with van der Waals surface area (Å²) in [7, 11) is 0. The van der Waals surface area contributed by atoms with Gasteiger partial charge in [0.25, 0.3) is 5.91 Å². The van der Waals surface area contributed by atoms with E-state index in [4.69, 9.17) is 14.6 Å². The highest BCUT2D eigenvalue weighted by Crippen LogP contribution is 2.41. The monoisotopic (exact) mass is 468 g/mol. The van der Waals surface area contributed by atoms with Gasteiger partial charge < -0.3 is 18.9 Å². The molecule has 7 nitrogen and oxygen atoms in total. The molecule has 0 N–H and O–H groups in total. The number of hydrogen-bond acceptors (Lipinski definition) is 4. The zero-order chi connectivity index (χ0) is 24.2. The van der Waals surface area contributed by atoms with E-state index in [1.54, 1.807) is 4.90 Å². The van der Waals surface area contributed by atoms with Gasteiger partial charge in [-0.3, -0.25) is 4.79 Å². The molecule has 4 heterocycles. The molecule has 0 radical (unpaired) electrons. The van der Waals surface area contributed by atoms with E-state index in [1.165, 1.54) is 5.56 Å². The number of rotatable bonds is 5. The Hall–Kier alpha value is -4.00. The summed E-state index contributed by atoms with van der Waals surface area (Å²) in [6.45, 7) is 7.10. The maximum Gasteiger partial charge on any atom is 0.261 e. The van der Waals surface area contributed by atoms with Crippen LogP contribution in [-0.4, -0.2) is 37.4 Å². The number of fused-ring (bicyclic) bond motifs is 2. The van der Waals surface area contributed by atoms with E-state index in [0.717, 1.165) is 40.5 Å². The lowest BCUT2D eigenvalue weighted by Gasteiger charge is -2.20. The van der Waals surface area contributed by atoms with Crippen molar-refractivity contribution >= 4 is 5.91 Å². The molecule has 0 bridgehead atoms. The molecule has 2 aliphatic heterocycles. The van der Waals surface area contributed by atoms with Gasteiger partial charge in [-0.05, 0) is 51.1 Å². The Morgan fingerprint density at radius 1 is 1.06 bits per heavy atom. The van der Waals surface area contributed by atoms with E-state index in [-0.39, 0.29) is 18.1 Å². The van der Waals surface area contributed by atoms with Gasteiger partial charge in [0.1, 0.15) is 11.4 Å². The number of carbonyl (C=O) groups excluding carboxylic acids is 1. The summed E-state index contributed by atoms with van der Waals surface area (Å²) < 4.78 is 16.1. The minimum absolute atomic E-state index is 0.0403. The van der Waals surface area contributed by atoms with Crippen molar-refractivity contribution < 1.29 is 14.3 Å². The highest BCUT2D eigenvalue weighted by molar-refractivity contribution is 5.79. The lowest BCUT2D eigenvalue weighted by atomic mass is 10.0. The Balaban J connectivity index is 1.22. The first-order valence-electron chi connectivity index (χ1n) is 11.9. The molecule has 0 aliphatic carbocycles. The van der Waals surface area contributed by atoms with Crippen LogP contribution in [0.2, 0.25) is 0 Å². The lowest BCUT2D eigenvalue weighted by Crippen LogP contribution is -2.31. The molecular weight excluding hydrogens is 440 g/mol. The van der Waals surface area contributed by atoms with Crippen LogP contribution in [0.4, 0.5) is 0 Å². The van der Waals surface area contributed by atoms with Crippen LogP contribution in [0.5, 0.6) is 11.5 Å². The average molecular weight is 469 g/mol. The van der Waals surface area contributed by atoms with Crippen molar-refractivity contribution in [2.75, 3.05) is 6.61 Å². The standard InChI is InChI=1S/C28H28N4O3/c1-19-9-11-21(12-10-19)32-27(30-13-4-5-14-30)22-16-31(17-23(22)29-32)25(33)18-34-24-8-6-7-20-15-28(2,3)35-26(20)24/h4-14H,15-18H2,1-3H3. The minimum atomic E-state index is -0.263. The minimum Gasteiger partial charge on any atom is -0.483 e. The fourth-order valence-electron chi connectivity index (χ4n) is 4.92. The van der Waals surface area contributed by atoms with Crippen LogP contribution < -0.4 is 9.47 Å². The summed E-state index contributed by atoms with van der Waals surface area (Å²) in [6, 6.07) is 18.2. The number of amides is 1. The average Bonchev–Trinajstić information content (AvgIpc) is 3.59. The number of nitrogens with zero attached hydrogens (tertiary/aromatic N) is 4. The van der Waals surface area contributed by atoms with Gasteiger partial charge in [-0.2, -0.15) is 5.10 Å². The maximum atomic E-state index is 13.1. The second-order valence-corrected chi connectivity index (χ2v) is 9.91. The molecule has 0 fully saturated rings. The van der Waals surface area contributed by atoms with Crippen LogP contribution in [0.25, 0.3) is 11.5 Å². The zero-order valence-electron chi connectivity index (χ0n) is 20.2. The third-order valence-electron chi connectivity index (χ3n) is 6.62. The first-order valence-corrected chi connectivity index (χ1v) is 11.9. The van der Waals surface area contributed by atoms with E-state index >= 15 is 0 Å². The summed E-state index contributed by atoms with van der Waals surface area (Å²) in [5.41, 5.74) is 5.01. The molecule has 2 aromatic heterocycles. The molecule has 4 aromatic rings. The normalized spacial score (nSPS) is 15.6. The number of ether oxygens (including phenoxy) is 2. The van der Waals surface area contributed by atoms with E-state index in [9.17, 15) is 4.79 Å². The number of hydrogen-bond donors (Lipinski definition) is 0. The van der Waals surface area contributed by atoms with Crippen molar-refractivity contribution in [1.82, 2.24) is 19.2 Å². The van der Waals surface area contributed by atoms with Gasteiger partial charge in [-0.1, -0.05) is 29.8 Å². The Kier molecular flexibility index (Phi) is 4.95. The summed E-state index contributed by atoms with van der Waals surface area (Å²) in [4.78, 5) is 14.9. The molecule has 2 aromatic carbocycles. The van der Waals surface area contributed by atoms with E-state index in [2.05, 4.69) is 49.6 Å². The smallest absolute Gasteiger partial charge is 0.261 e. The van der Waals surface area contributed by atoms with E-state index < -0.39 is 0 Å². The van der Waals surface area contributed by atoms with Crippen LogP contribution >= 0.6 is 0 Å². The summed E-state index contributed by atoms with van der Waals surface area (Å²) in [5, 5.41) is 4.90. The van der Waals surface area contributed by atoms with Crippen LogP contribution in [0.3, 0.4) is 0 Å². The molecule has 6 rings (SSSR count). The van der Waals surface area contributed by atoms with Gasteiger partial charge in [-0.15, -0.1) is 0 Å². The maximum absolute atomic E-state index is 13.1. The van der Waals surface area contributed by atoms with Crippen molar-refractivity contribution in [1.29, 1.82) is 0 Å². The second kappa shape index (κ2) is 8.05. The van der Waals surface area contributed by atoms with Crippen molar-refractivity contribution in [3.8, 4) is 23.0 Å². The number of benzene rings is 2. The fraction of sp³-hybridized carbons (Fsp3) is 0.286. The first kappa shape index (κ1) is 21.5. The SMILES string of the molecule is Cc1ccc(-n2nc3c(c2-n2cccc2)CN(C(=O)COc2cccc4c2OC(C)(C)C4)C3)cc1. The number of para-hydroxylation sites is 1. The van der Waals surface area contributed by atoms with E-state index in [0.29, 0.717) is 18.8 Å². The third-order valence-corrected chi connectivity index (χ3v) is 6.62. The Morgan fingerprint density at radius 3 is 2.60 bits per heavy atom. The molecule has 0 spiro atoms. The fourth-order valence-corrected chi connectivity index (χ4v) is 4.92. The Labute approximate surface area is 204 Å². The van der Waals surface area contributed by atoms with Gasteiger partial charge in [0.2, 0.25) is 0 Å². The Morgan fingerprint density at radius 2 is 1.83 bits per heavy atom. The largest absolute Gasteiger partial charge is 0.483 e. The Bertz CT molecular complexity index is 1400. The van der Waals surface area contributed by atoms with Crippen molar-refractivity contribution in [3.63, 3.8) is 0 Å². The highest BCUT2D eigenvalue weighted by Gasteiger charge is 2.34. The number of carbonyl (C=O) groups is 1. The molecule has 1 amide bonds. The van der Waals surface area contributed by atoms with Crippen molar-refractivity contribution in [2.45, 2.75) is 45.9 Å². The quantitative estimate of drug-likeness (QED) is 0.429. The summed E-state index contributed by atoms with van der Waals surface area (Å²) >= 11 is 0. The molecule has 0 unspecified atom stereocenters. The first-order chi connectivity index (χ1) is 16.9. The second-order valence-electron chi connectivity index (χ2n) is 9.91. The predicted octanol–water partition coefficient (Wildman–Crippen LogP) is 4.61. The van der Waals surface area contributed by atoms with Crippen molar-refractivity contribution in [3.05, 3.63) is 89.4 Å². The third kappa shape index (κ3) is 3.87. The molecule has 178 valence electrons. The van der Waals surface area contributed by atoms with Gasteiger partial charge in [-0.25, -0.2) is 4.68 Å². The lowest BCUT2D eigenvalue weighted by molar-refractivity contribution is -0.134. The predicted molar refractivity (Wildman–Crippen MR) is 132 cm³/mol. The van der Waals surface area contributed by atoms with Crippen LogP contribution in [-0.2, 0) is 24.3 Å². The molecule has 0 saturated carbocycles. The number of aromatic nitrogens is 3. The molecule has 7 heteroatoms. The zero-order valence-corrected chi connectivity index (χ0v) is 20.2. The van der Waals surface area contributed by atoms with Crippen molar-refractivity contribution in [2.24, 2.45) is 0 Å². The molecule has 35 heavy (non-hydrogen) atoms. The van der Waals surface area contributed by atoms with Gasteiger partial charge in [0.15, 0.2) is 18.1 Å². The van der Waals surface area contributed by atoms with E-state index in [1.807, 2.05) is 47.4 Å². The highest BCUT2D eigenvalue weighted by atomic mass is 16.5. The van der Waals surface area contributed by atoms with Crippen LogP contribution in [0.15, 0.2) is 67.0 Å². The topological polar surface area (TPSA) is 61.5 Å². The molecular formula is C28H28N4O3. The molecule has 0 atom stereocenters. The summed E-state index contributed by atoms with van der Waals surface area (Å²) in [6.07, 6.45) is 4.84. The van der Waals surface area contributed by atoms with Crippen LogP contribution in [0, 0.1) is 6.92 Å².